The maximum absolute atomic E-state index is 6.42. The molecule has 6 aromatic carbocycles. The van der Waals surface area contributed by atoms with Crippen LogP contribution in [0, 0.1) is 12.1 Å². The van der Waals surface area contributed by atoms with Crippen LogP contribution in [0.5, 0.6) is 0 Å². The van der Waals surface area contributed by atoms with E-state index in [1.807, 2.05) is 48.5 Å². The van der Waals surface area contributed by atoms with Crippen LogP contribution in [0.25, 0.3) is 72.4 Å². The Morgan fingerprint density at radius 1 is 0.724 bits per heavy atom. The van der Waals surface area contributed by atoms with Gasteiger partial charge < -0.3 is 14.0 Å². The number of imidazole rings is 1. The third kappa shape index (κ3) is 8.02. The Hall–Kier alpha value is -5.39. The summed E-state index contributed by atoms with van der Waals surface area (Å²) in [5.41, 5.74) is 12.8. The number of benzene rings is 6. The molecule has 0 atom stereocenters. The van der Waals surface area contributed by atoms with Crippen LogP contribution in [0.2, 0.25) is 19.6 Å². The molecule has 0 aliphatic heterocycles. The molecule has 0 bridgehead atoms. The first kappa shape index (κ1) is 40.8. The molecule has 3 heterocycles. The molecule has 0 saturated heterocycles. The van der Waals surface area contributed by atoms with Crippen molar-refractivity contribution >= 4 is 46.2 Å². The van der Waals surface area contributed by atoms with Crippen molar-refractivity contribution in [2.24, 2.45) is 0 Å². The van der Waals surface area contributed by atoms with Crippen LogP contribution in [0.15, 0.2) is 150 Å². The quantitative estimate of drug-likeness (QED) is 0.123. The van der Waals surface area contributed by atoms with Gasteiger partial charge in [0.2, 0.25) is 0 Å². The Morgan fingerprint density at radius 3 is 2.17 bits per heavy atom. The molecule has 3 aromatic heterocycles. The maximum atomic E-state index is 6.42. The SMILES string of the molecule is CC(C)(C)c1ccc(-n2c(-c3[c-]ccc4c3oc3ccccc34)nc3ccccc32)c(-c2ccccc2)c1.CC(C)c1cc(-c2[c-]cccc2)ncc1[Si](C)(C)C.[Ir]. The van der Waals surface area contributed by atoms with Gasteiger partial charge in [-0.15, -0.1) is 54.1 Å². The molecule has 0 aliphatic carbocycles. The molecular formula is C52H49IrN3OSi-2. The normalized spacial score (nSPS) is 11.8. The van der Waals surface area contributed by atoms with Crippen molar-refractivity contribution in [3.63, 3.8) is 0 Å². The number of hydrogen-bond acceptors (Lipinski definition) is 3. The van der Waals surface area contributed by atoms with Crippen LogP contribution in [-0.4, -0.2) is 22.6 Å². The van der Waals surface area contributed by atoms with E-state index in [1.54, 1.807) is 0 Å². The monoisotopic (exact) mass is 952 g/mol. The Kier molecular flexibility index (Phi) is 11.6. The summed E-state index contributed by atoms with van der Waals surface area (Å²) in [6.07, 6.45) is 2.09. The van der Waals surface area contributed by atoms with Gasteiger partial charge in [0.1, 0.15) is 5.58 Å². The van der Waals surface area contributed by atoms with Gasteiger partial charge in [-0.05, 0) is 63.7 Å². The molecule has 0 aliphatic rings. The van der Waals surface area contributed by atoms with E-state index in [9.17, 15) is 0 Å². The fourth-order valence-corrected chi connectivity index (χ4v) is 9.29. The summed E-state index contributed by atoms with van der Waals surface area (Å²) in [6, 6.07) is 55.0. The summed E-state index contributed by atoms with van der Waals surface area (Å²) >= 11 is 0. The Labute approximate surface area is 357 Å². The van der Waals surface area contributed by atoms with Crippen LogP contribution in [0.3, 0.4) is 0 Å². The molecule has 293 valence electrons. The van der Waals surface area contributed by atoms with Crippen molar-refractivity contribution in [2.75, 3.05) is 0 Å². The van der Waals surface area contributed by atoms with E-state index < -0.39 is 8.07 Å². The Bertz CT molecular complexity index is 2840. The predicted molar refractivity (Wildman–Crippen MR) is 242 cm³/mol. The van der Waals surface area contributed by atoms with Crippen LogP contribution >= 0.6 is 0 Å². The number of pyridine rings is 1. The minimum absolute atomic E-state index is 0. The zero-order valence-corrected chi connectivity index (χ0v) is 37.9. The van der Waals surface area contributed by atoms with E-state index >= 15 is 0 Å². The number of para-hydroxylation sites is 3. The summed E-state index contributed by atoms with van der Waals surface area (Å²) in [6.45, 7) is 18.4. The number of furan rings is 1. The molecule has 0 fully saturated rings. The predicted octanol–water partition coefficient (Wildman–Crippen LogP) is 13.6. The topological polar surface area (TPSA) is 43.9 Å². The Balaban J connectivity index is 0.000000217. The molecule has 0 amide bonds. The van der Waals surface area contributed by atoms with Gasteiger partial charge in [-0.3, -0.25) is 4.98 Å². The number of hydrogen-bond donors (Lipinski definition) is 0. The first-order valence-corrected chi connectivity index (χ1v) is 23.4. The molecule has 0 N–H and O–H groups in total. The van der Waals surface area contributed by atoms with Crippen LogP contribution in [0.4, 0.5) is 0 Å². The standard InChI is InChI=1S/C35H27N2O.C17H22NSi.Ir/c1-35(2,3)24-20-21-30(28(22-24)23-12-5-4-6-13-23)37-31-18-9-8-17-29(31)36-34(37)27-16-11-15-26-25-14-7-10-19-32(25)38-33(26)27;1-13(2)15-11-16(14-9-7-6-8-10-14)18-12-17(15)19(3,4)5;/h4-15,17-22H,1-3H3;6-9,11-13H,1-5H3;/q2*-1;. The number of nitrogens with zero attached hydrogens (tertiary/aromatic N) is 3. The van der Waals surface area contributed by atoms with Crippen LogP contribution < -0.4 is 5.19 Å². The summed E-state index contributed by atoms with van der Waals surface area (Å²) in [7, 11) is -1.34. The molecule has 9 aromatic rings. The number of rotatable bonds is 6. The van der Waals surface area contributed by atoms with Crippen molar-refractivity contribution in [3.05, 3.63) is 169 Å². The fourth-order valence-electron chi connectivity index (χ4n) is 7.62. The van der Waals surface area contributed by atoms with Gasteiger partial charge in [-0.1, -0.05) is 144 Å². The second kappa shape index (κ2) is 16.5. The average molecular weight is 952 g/mol. The zero-order valence-electron chi connectivity index (χ0n) is 34.5. The molecule has 0 unspecified atom stereocenters. The number of aromatic nitrogens is 3. The number of fused-ring (bicyclic) bond motifs is 4. The van der Waals surface area contributed by atoms with Crippen molar-refractivity contribution < 1.29 is 24.5 Å². The summed E-state index contributed by atoms with van der Waals surface area (Å²) in [5, 5.41) is 3.64. The minimum atomic E-state index is -1.34. The minimum Gasteiger partial charge on any atom is -0.501 e. The first-order chi connectivity index (χ1) is 27.4. The second-order valence-electron chi connectivity index (χ2n) is 17.1. The van der Waals surface area contributed by atoms with Crippen molar-refractivity contribution in [3.8, 4) is 39.5 Å². The van der Waals surface area contributed by atoms with Gasteiger partial charge in [0.05, 0.1) is 30.5 Å². The zero-order chi connectivity index (χ0) is 39.9. The van der Waals surface area contributed by atoms with Gasteiger partial charge in [0.15, 0.2) is 0 Å². The van der Waals surface area contributed by atoms with Gasteiger partial charge in [-0.25, -0.2) is 0 Å². The van der Waals surface area contributed by atoms with Gasteiger partial charge in [0, 0.05) is 42.9 Å². The van der Waals surface area contributed by atoms with Crippen molar-refractivity contribution in [1.82, 2.24) is 14.5 Å². The third-order valence-electron chi connectivity index (χ3n) is 10.7. The maximum Gasteiger partial charge on any atom is 0.120 e. The molecule has 58 heavy (non-hydrogen) atoms. The molecule has 0 spiro atoms. The largest absolute Gasteiger partial charge is 0.501 e. The van der Waals surface area contributed by atoms with E-state index in [0.717, 1.165) is 61.3 Å². The van der Waals surface area contributed by atoms with E-state index in [-0.39, 0.29) is 25.5 Å². The third-order valence-corrected chi connectivity index (χ3v) is 12.7. The summed E-state index contributed by atoms with van der Waals surface area (Å²) < 4.78 is 8.69. The molecular weight excluding hydrogens is 903 g/mol. The van der Waals surface area contributed by atoms with Crippen LogP contribution in [0.1, 0.15) is 51.7 Å². The second-order valence-corrected chi connectivity index (χ2v) is 22.2. The molecule has 4 nitrogen and oxygen atoms in total. The summed E-state index contributed by atoms with van der Waals surface area (Å²) in [4.78, 5) is 9.82. The van der Waals surface area contributed by atoms with Crippen molar-refractivity contribution in [2.45, 2.75) is 65.6 Å². The summed E-state index contributed by atoms with van der Waals surface area (Å²) in [5.74, 6) is 1.35. The Morgan fingerprint density at radius 2 is 1.45 bits per heavy atom. The average Bonchev–Trinajstić information content (AvgIpc) is 3.79. The van der Waals surface area contributed by atoms with Gasteiger partial charge in [0.25, 0.3) is 0 Å². The van der Waals surface area contributed by atoms with E-state index in [0.29, 0.717) is 5.92 Å². The van der Waals surface area contributed by atoms with E-state index in [4.69, 9.17) is 9.40 Å². The van der Waals surface area contributed by atoms with E-state index in [2.05, 4.69) is 173 Å². The molecule has 9 rings (SSSR count). The van der Waals surface area contributed by atoms with Gasteiger partial charge in [-0.2, -0.15) is 0 Å². The molecule has 1 radical (unpaired) electrons. The molecule has 0 saturated carbocycles. The first-order valence-electron chi connectivity index (χ1n) is 19.9. The van der Waals surface area contributed by atoms with Gasteiger partial charge >= 0.3 is 0 Å². The van der Waals surface area contributed by atoms with Crippen LogP contribution in [-0.2, 0) is 25.5 Å². The van der Waals surface area contributed by atoms with E-state index in [1.165, 1.54) is 27.4 Å². The van der Waals surface area contributed by atoms with Crippen molar-refractivity contribution in [1.29, 1.82) is 0 Å². The molecule has 6 heteroatoms. The smallest absolute Gasteiger partial charge is 0.120 e. The fraction of sp³-hybridized carbons (Fsp3) is 0.192.